The molecule has 0 aliphatic heterocycles. The van der Waals surface area contributed by atoms with Gasteiger partial charge in [0.05, 0.1) is 13.3 Å². The van der Waals surface area contributed by atoms with Crippen LogP contribution in [0.3, 0.4) is 0 Å². The smallest absolute Gasteiger partial charge is 0.212 e. The lowest BCUT2D eigenvalue weighted by atomic mass is 10.2. The zero-order valence-electron chi connectivity index (χ0n) is 13.5. The zero-order valence-corrected chi connectivity index (χ0v) is 16.0. The highest BCUT2D eigenvalue weighted by atomic mass is 79.9. The number of thioether (sulfide) groups is 1. The molecule has 6 nitrogen and oxygen atoms in total. The van der Waals surface area contributed by atoms with E-state index >= 15 is 0 Å². The van der Waals surface area contributed by atoms with Crippen LogP contribution in [0.15, 0.2) is 57.2 Å². The summed E-state index contributed by atoms with van der Waals surface area (Å²) in [5, 5.41) is 23.4. The van der Waals surface area contributed by atoms with Gasteiger partial charge < -0.3 is 9.84 Å². The van der Waals surface area contributed by atoms with E-state index in [9.17, 15) is 5.11 Å². The van der Waals surface area contributed by atoms with Gasteiger partial charge in [0.2, 0.25) is 5.16 Å². The number of nitrogens with zero attached hydrogens (tertiary/aromatic N) is 4. The molecule has 3 aromatic rings. The van der Waals surface area contributed by atoms with Gasteiger partial charge in [-0.1, -0.05) is 42.1 Å². The van der Waals surface area contributed by atoms with E-state index < -0.39 is 0 Å². The maximum atomic E-state index is 9.81. The summed E-state index contributed by atoms with van der Waals surface area (Å²) in [6, 6.07) is 13.0. The Bertz CT molecular complexity index is 913. The number of ether oxygens (including phenoxy) is 1. The van der Waals surface area contributed by atoms with Gasteiger partial charge in [0.25, 0.3) is 0 Å². The van der Waals surface area contributed by atoms with E-state index in [1.54, 1.807) is 23.0 Å². The fourth-order valence-electron chi connectivity index (χ4n) is 2.21. The van der Waals surface area contributed by atoms with Crippen molar-refractivity contribution in [2.24, 2.45) is 5.10 Å². The van der Waals surface area contributed by atoms with Crippen LogP contribution in [0.4, 0.5) is 0 Å². The Labute approximate surface area is 157 Å². The molecule has 8 heteroatoms. The van der Waals surface area contributed by atoms with Crippen molar-refractivity contribution in [2.75, 3.05) is 13.4 Å². The largest absolute Gasteiger partial charge is 0.504 e. The van der Waals surface area contributed by atoms with Crippen molar-refractivity contribution in [1.82, 2.24) is 14.9 Å². The Morgan fingerprint density at radius 2 is 2.00 bits per heavy atom. The molecule has 0 spiro atoms. The minimum Gasteiger partial charge on any atom is -0.504 e. The second kappa shape index (κ2) is 7.71. The number of halogens is 1. The van der Waals surface area contributed by atoms with Crippen LogP contribution in [0.1, 0.15) is 5.56 Å². The van der Waals surface area contributed by atoms with Crippen molar-refractivity contribution in [2.45, 2.75) is 5.16 Å². The summed E-state index contributed by atoms with van der Waals surface area (Å²) >= 11 is 4.88. The van der Waals surface area contributed by atoms with Crippen molar-refractivity contribution < 1.29 is 9.84 Å². The highest BCUT2D eigenvalue weighted by Crippen LogP contribution is 2.31. The van der Waals surface area contributed by atoms with Gasteiger partial charge in [-0.2, -0.15) is 9.78 Å². The number of hydrogen-bond acceptors (Lipinski definition) is 6. The van der Waals surface area contributed by atoms with Gasteiger partial charge in [-0.3, -0.25) is 0 Å². The third-order valence-electron chi connectivity index (χ3n) is 3.44. The number of aromatic nitrogens is 3. The first-order chi connectivity index (χ1) is 12.1. The Kier molecular flexibility index (Phi) is 5.40. The molecule has 0 aliphatic rings. The molecule has 0 bridgehead atoms. The highest BCUT2D eigenvalue weighted by molar-refractivity contribution is 9.10. The maximum absolute atomic E-state index is 9.81. The van der Waals surface area contributed by atoms with Gasteiger partial charge in [0.1, 0.15) is 0 Å². The fourth-order valence-corrected chi connectivity index (χ4v) is 3.07. The Morgan fingerprint density at radius 1 is 1.24 bits per heavy atom. The predicted octanol–water partition coefficient (Wildman–Crippen LogP) is 4.03. The van der Waals surface area contributed by atoms with Crippen LogP contribution in [0.25, 0.3) is 11.4 Å². The molecule has 0 radical (unpaired) electrons. The number of phenolic OH excluding ortho intramolecular Hbond substituents is 1. The molecule has 2 aromatic carbocycles. The van der Waals surface area contributed by atoms with Gasteiger partial charge in [-0.15, -0.1) is 10.2 Å². The number of rotatable bonds is 5. The molecule has 1 aromatic heterocycles. The van der Waals surface area contributed by atoms with Gasteiger partial charge in [0.15, 0.2) is 17.3 Å². The average Bonchev–Trinajstić information content (AvgIpc) is 3.04. The quantitative estimate of drug-likeness (QED) is 0.500. The van der Waals surface area contributed by atoms with Gasteiger partial charge >= 0.3 is 0 Å². The standard InChI is InChI=1S/C17H15BrN4O2S/c1-24-15-8-12(13(18)9-14(15)23)10-19-22-16(20-21-17(22)25-2)11-6-4-3-5-7-11/h3-10,23H,1-2H3/b19-10+. The van der Waals surface area contributed by atoms with Crippen LogP contribution < -0.4 is 4.74 Å². The summed E-state index contributed by atoms with van der Waals surface area (Å²) in [7, 11) is 1.50. The van der Waals surface area contributed by atoms with E-state index in [0.29, 0.717) is 21.2 Å². The lowest BCUT2D eigenvalue weighted by Gasteiger charge is -2.07. The number of hydrogen-bond donors (Lipinski definition) is 1. The third kappa shape index (κ3) is 3.69. The molecule has 0 aliphatic carbocycles. The van der Waals surface area contributed by atoms with Crippen molar-refractivity contribution in [1.29, 1.82) is 0 Å². The minimum atomic E-state index is 0.0607. The second-order valence-corrected chi connectivity index (χ2v) is 6.61. The first-order valence-corrected chi connectivity index (χ1v) is 9.31. The fraction of sp³-hybridized carbons (Fsp3) is 0.118. The molecule has 128 valence electrons. The Balaban J connectivity index is 2.03. The van der Waals surface area contributed by atoms with Gasteiger partial charge in [-0.25, -0.2) is 0 Å². The molecular formula is C17H15BrN4O2S. The Morgan fingerprint density at radius 3 is 2.68 bits per heavy atom. The molecule has 0 saturated carbocycles. The monoisotopic (exact) mass is 418 g/mol. The van der Waals surface area contributed by atoms with E-state index in [4.69, 9.17) is 4.74 Å². The first kappa shape index (κ1) is 17.5. The first-order valence-electron chi connectivity index (χ1n) is 7.29. The van der Waals surface area contributed by atoms with E-state index in [2.05, 4.69) is 31.2 Å². The molecule has 0 fully saturated rings. The second-order valence-electron chi connectivity index (χ2n) is 4.98. The number of benzene rings is 2. The van der Waals surface area contributed by atoms with Crippen molar-refractivity contribution >= 4 is 33.9 Å². The maximum Gasteiger partial charge on any atom is 0.212 e. The summed E-state index contributed by atoms with van der Waals surface area (Å²) in [6.45, 7) is 0. The molecule has 3 rings (SSSR count). The van der Waals surface area contributed by atoms with E-state index in [-0.39, 0.29) is 5.75 Å². The summed E-state index contributed by atoms with van der Waals surface area (Å²) in [5.74, 6) is 1.09. The number of methoxy groups -OCH3 is 1. The average molecular weight is 419 g/mol. The van der Waals surface area contributed by atoms with Crippen LogP contribution in [0, 0.1) is 0 Å². The SMILES string of the molecule is COc1cc(/C=N/n2c(SC)nnc2-c2ccccc2)c(Br)cc1O. The topological polar surface area (TPSA) is 72.5 Å². The van der Waals surface area contributed by atoms with Crippen LogP contribution in [-0.2, 0) is 0 Å². The summed E-state index contributed by atoms with van der Waals surface area (Å²) in [4.78, 5) is 0. The number of phenols is 1. The summed E-state index contributed by atoms with van der Waals surface area (Å²) in [6.07, 6.45) is 3.59. The van der Waals surface area contributed by atoms with Gasteiger partial charge in [-0.05, 0) is 34.3 Å². The van der Waals surface area contributed by atoms with Crippen molar-refractivity contribution in [3.63, 3.8) is 0 Å². The van der Waals surface area contributed by atoms with E-state index in [1.165, 1.54) is 18.9 Å². The third-order valence-corrected chi connectivity index (χ3v) is 4.74. The lowest BCUT2D eigenvalue weighted by molar-refractivity contribution is 0.373. The molecule has 0 atom stereocenters. The predicted molar refractivity (Wildman–Crippen MR) is 103 cm³/mol. The van der Waals surface area contributed by atoms with Crippen LogP contribution in [0.5, 0.6) is 11.5 Å². The molecule has 1 N–H and O–H groups in total. The lowest BCUT2D eigenvalue weighted by Crippen LogP contribution is -1.97. The number of aromatic hydroxyl groups is 1. The minimum absolute atomic E-state index is 0.0607. The molecule has 0 unspecified atom stereocenters. The molecule has 1 heterocycles. The zero-order chi connectivity index (χ0) is 17.8. The van der Waals surface area contributed by atoms with Crippen LogP contribution in [-0.4, -0.2) is 39.6 Å². The van der Waals surface area contributed by atoms with E-state index in [1.807, 2.05) is 36.6 Å². The normalized spacial score (nSPS) is 11.2. The molecule has 0 amide bonds. The molecular weight excluding hydrogens is 404 g/mol. The highest BCUT2D eigenvalue weighted by Gasteiger charge is 2.13. The summed E-state index contributed by atoms with van der Waals surface area (Å²) < 4.78 is 7.54. The summed E-state index contributed by atoms with van der Waals surface area (Å²) in [5.41, 5.74) is 1.68. The molecule has 0 saturated heterocycles. The molecule has 25 heavy (non-hydrogen) atoms. The van der Waals surface area contributed by atoms with Crippen molar-refractivity contribution in [3.05, 3.63) is 52.5 Å². The van der Waals surface area contributed by atoms with Crippen LogP contribution in [0.2, 0.25) is 0 Å². The van der Waals surface area contributed by atoms with Crippen molar-refractivity contribution in [3.8, 4) is 22.9 Å². The van der Waals surface area contributed by atoms with Crippen LogP contribution >= 0.6 is 27.7 Å². The van der Waals surface area contributed by atoms with E-state index in [0.717, 1.165) is 11.1 Å². The Hall–Kier alpha value is -2.32. The van der Waals surface area contributed by atoms with Gasteiger partial charge in [0, 0.05) is 15.6 Å².